The number of rotatable bonds is 26. The summed E-state index contributed by atoms with van der Waals surface area (Å²) in [5.41, 5.74) is -0.700. The summed E-state index contributed by atoms with van der Waals surface area (Å²) in [5.74, 6) is -5.72. The van der Waals surface area contributed by atoms with Crippen LogP contribution in [0, 0.1) is 77.4 Å². The number of thioether (sulfide) groups is 6. The average Bonchev–Trinajstić information content (AvgIpc) is 1.52. The minimum atomic E-state index is -0.724. The van der Waals surface area contributed by atoms with Crippen LogP contribution in [0.4, 0.5) is 0 Å². The van der Waals surface area contributed by atoms with E-state index in [1.54, 1.807) is 60.7 Å². The van der Waals surface area contributed by atoms with E-state index in [0.717, 1.165) is 82.7 Å². The van der Waals surface area contributed by atoms with Gasteiger partial charge in [0.1, 0.15) is 46.0 Å². The molecular formula is C82H72N6O18S6. The fourth-order valence-electron chi connectivity index (χ4n) is 12.0. The van der Waals surface area contributed by atoms with Gasteiger partial charge in [-0.25, -0.2) is 49.5 Å². The molecule has 3 heterocycles. The first kappa shape index (κ1) is 83.7. The molecule has 10 rings (SSSR count). The van der Waals surface area contributed by atoms with Crippen molar-refractivity contribution in [2.45, 2.75) is 159 Å². The van der Waals surface area contributed by atoms with Crippen LogP contribution in [0.3, 0.4) is 0 Å². The normalized spacial score (nSPS) is 18.0. The highest BCUT2D eigenvalue weighted by molar-refractivity contribution is 8.25. The summed E-state index contributed by atoms with van der Waals surface area (Å²) in [5, 5.41) is 29.9. The predicted octanol–water partition coefficient (Wildman–Crippen LogP) is 18.6. The first-order valence-electron chi connectivity index (χ1n) is 35.3. The van der Waals surface area contributed by atoms with Crippen molar-refractivity contribution in [1.82, 2.24) is 0 Å². The molecule has 0 N–H and O–H groups in total. The van der Waals surface area contributed by atoms with Crippen LogP contribution in [-0.4, -0.2) is 74.2 Å². The van der Waals surface area contributed by atoms with Gasteiger partial charge in [-0.15, -0.1) is 0 Å². The van der Waals surface area contributed by atoms with Crippen molar-refractivity contribution in [2.75, 3.05) is 26.4 Å². The van der Waals surface area contributed by atoms with Gasteiger partial charge in [0.15, 0.2) is 0 Å². The van der Waals surface area contributed by atoms with Gasteiger partial charge in [-0.2, -0.15) is 0 Å². The van der Waals surface area contributed by atoms with E-state index in [-0.39, 0.29) is 132 Å². The van der Waals surface area contributed by atoms with E-state index in [1.807, 2.05) is 59.8 Å². The summed E-state index contributed by atoms with van der Waals surface area (Å²) < 4.78 is 59.6. The smallest absolute Gasteiger partial charge is 0.343 e. The SMILES string of the molecule is [C-]#[N+]C(C#N)=C1Sc2c(OC(=O)C3CCC(C(=O)Oc4c(C(C)(C)C)cc(OC(=O)c5ccc(OCCCCOC(=O)C=C)cc5)c5c4S/C(=C(/C#N)[N+]#[C-])S5)CC3)ccc(OC(=O)C3CCC(C(=O)Oc4c(C(C)(C)C)cc(OC(=O)c5ccc(OCCCCOC(=O)C=C)cc5)c5c4S/C(=C(\C#N)[N+]#[C-])S5)CC3)c2S1. The number of benzene rings is 5. The Morgan fingerprint density at radius 2 is 0.705 bits per heavy atom. The Morgan fingerprint density at radius 3 is 0.991 bits per heavy atom. The summed E-state index contributed by atoms with van der Waals surface area (Å²) >= 11 is 6.24. The van der Waals surface area contributed by atoms with Crippen LogP contribution in [0.5, 0.6) is 46.0 Å². The molecule has 0 amide bonds. The summed E-state index contributed by atoms with van der Waals surface area (Å²) in [6.07, 6.45) is 6.36. The quantitative estimate of drug-likeness (QED) is 0.0124. The van der Waals surface area contributed by atoms with Gasteiger partial charge in [-0.1, -0.05) is 125 Å². The van der Waals surface area contributed by atoms with Crippen molar-refractivity contribution < 1.29 is 85.7 Å². The molecule has 30 heteroatoms. The highest BCUT2D eigenvalue weighted by Crippen LogP contribution is 2.64. The Kier molecular flexibility index (Phi) is 28.3. The zero-order valence-corrected chi connectivity index (χ0v) is 66.5. The van der Waals surface area contributed by atoms with Gasteiger partial charge in [0.2, 0.25) is 0 Å². The molecule has 0 spiro atoms. The van der Waals surface area contributed by atoms with Crippen LogP contribution < -0.4 is 37.9 Å². The van der Waals surface area contributed by atoms with Crippen LogP contribution in [0.15, 0.2) is 157 Å². The van der Waals surface area contributed by atoms with Gasteiger partial charge in [0, 0.05) is 23.3 Å². The van der Waals surface area contributed by atoms with E-state index in [2.05, 4.69) is 27.7 Å². The number of ether oxygens (including phenoxy) is 10. The molecule has 5 aliphatic rings. The minimum Gasteiger partial charge on any atom is -0.494 e. The second-order valence-corrected chi connectivity index (χ2v) is 34.6. The first-order chi connectivity index (χ1) is 53.7. The molecule has 0 unspecified atom stereocenters. The van der Waals surface area contributed by atoms with Gasteiger partial charge in [-0.05, 0) is 161 Å². The lowest BCUT2D eigenvalue weighted by molar-refractivity contribution is -0.145. The fourth-order valence-corrected chi connectivity index (χ4v) is 19.5. The third-order valence-corrected chi connectivity index (χ3v) is 25.8. The van der Waals surface area contributed by atoms with Crippen molar-refractivity contribution in [1.29, 1.82) is 15.8 Å². The number of allylic oxidation sites excluding steroid dienone is 3. The Labute approximate surface area is 672 Å². The maximum absolute atomic E-state index is 14.4. The number of hydrogen-bond acceptors (Lipinski definition) is 27. The number of nitriles is 3. The standard InChI is InChI=1S/C82H72N6O18S6/c1-12-62(89)99-38-16-14-36-97-51-30-26-49(27-31-51)74(93)103-60-40-53(81(3,4)5)64(70-68(60)109-79(111-70)56(43-84)87-10)105-76(95)47-22-18-45(19-23-47)72(91)101-58-34-35-59(67-66(58)107-78(108-67)55(42-83)86-9)102-73(92)46-20-24-48(25-21-46)77(96)106-65-54(82(6,7)8)41-61(69-71(65)112-80(110-69)57(44-85)88-11)104-75(94)50-28-32-52(33-29-50)98-37-15-17-39-100-63(90)13-2/h12-13,26-35,40-41,45-48H,1-2,14-25,36-39H2,3-8H3/b78-55?,79-56-,80-57+. The van der Waals surface area contributed by atoms with Crippen LogP contribution in [0.25, 0.3) is 14.5 Å². The Morgan fingerprint density at radius 1 is 0.420 bits per heavy atom. The number of carbonyl (C=O) groups excluding carboxylic acids is 8. The lowest BCUT2D eigenvalue weighted by atomic mass is 9.82. The van der Waals surface area contributed by atoms with E-state index in [9.17, 15) is 54.1 Å². The highest BCUT2D eigenvalue weighted by Gasteiger charge is 2.42. The Hall–Kier alpha value is -10.8. The van der Waals surface area contributed by atoms with Crippen molar-refractivity contribution in [2.24, 2.45) is 23.7 Å². The number of hydrogen-bond donors (Lipinski definition) is 0. The van der Waals surface area contributed by atoms with Gasteiger partial charge >= 0.3 is 47.8 Å². The third kappa shape index (κ3) is 20.5. The van der Waals surface area contributed by atoms with E-state index in [4.69, 9.17) is 67.1 Å². The summed E-state index contributed by atoms with van der Waals surface area (Å²) in [7, 11) is 0. The largest absolute Gasteiger partial charge is 0.494 e. The highest BCUT2D eigenvalue weighted by atomic mass is 32.2. The molecule has 2 saturated carbocycles. The number of unbranched alkanes of at least 4 members (excludes halogenated alkanes) is 2. The Balaban J connectivity index is 0.774. The van der Waals surface area contributed by atoms with Gasteiger partial charge in [-0.3, -0.25) is 19.2 Å². The monoisotopic (exact) mass is 1620 g/mol. The van der Waals surface area contributed by atoms with Crippen LogP contribution in [-0.2, 0) is 49.1 Å². The van der Waals surface area contributed by atoms with Crippen LogP contribution in [0.2, 0.25) is 0 Å². The van der Waals surface area contributed by atoms with Crippen molar-refractivity contribution in [3.05, 3.63) is 184 Å². The van der Waals surface area contributed by atoms with E-state index >= 15 is 0 Å². The molecule has 0 radical (unpaired) electrons. The van der Waals surface area contributed by atoms with Crippen LogP contribution in [0.1, 0.15) is 150 Å². The molecule has 574 valence electrons. The zero-order chi connectivity index (χ0) is 80.6. The molecule has 0 saturated heterocycles. The number of carbonyl (C=O) groups is 8. The predicted molar refractivity (Wildman–Crippen MR) is 418 cm³/mol. The first-order valence-corrected chi connectivity index (χ1v) is 40.2. The fraction of sp³-hybridized carbons (Fsp3) is 0.341. The molecule has 112 heavy (non-hydrogen) atoms. The van der Waals surface area contributed by atoms with Crippen LogP contribution >= 0.6 is 70.6 Å². The van der Waals surface area contributed by atoms with Crippen molar-refractivity contribution in [3.8, 4) is 64.2 Å². The summed E-state index contributed by atoms with van der Waals surface area (Å²) in [6, 6.07) is 24.6. The van der Waals surface area contributed by atoms with Gasteiger partial charge < -0.3 is 47.4 Å². The molecule has 5 aromatic carbocycles. The zero-order valence-electron chi connectivity index (χ0n) is 61.6. The third-order valence-electron chi connectivity index (χ3n) is 18.0. The maximum Gasteiger partial charge on any atom is 0.343 e. The topological polar surface area (TPSA) is 313 Å². The summed E-state index contributed by atoms with van der Waals surface area (Å²) in [6.45, 7) is 42.4. The lowest BCUT2D eigenvalue weighted by Gasteiger charge is -2.29. The van der Waals surface area contributed by atoms with Crippen molar-refractivity contribution in [3.63, 3.8) is 0 Å². The molecule has 0 bridgehead atoms. The molecule has 2 fully saturated rings. The minimum absolute atomic E-state index is 0.0914. The second kappa shape index (κ2) is 37.9. The maximum atomic E-state index is 14.4. The Bertz CT molecular complexity index is 4680. The van der Waals surface area contributed by atoms with E-state index in [1.165, 1.54) is 12.1 Å². The molecule has 3 aliphatic heterocycles. The lowest BCUT2D eigenvalue weighted by Crippen LogP contribution is -2.31. The number of esters is 8. The number of nitrogens with zero attached hydrogens (tertiary/aromatic N) is 6. The molecule has 0 atom stereocenters. The molecule has 2 aliphatic carbocycles. The average molecular weight is 1620 g/mol. The number of fused-ring (bicyclic) bond motifs is 3. The molecule has 0 aromatic heterocycles. The summed E-state index contributed by atoms with van der Waals surface area (Å²) in [4.78, 5) is 120. The van der Waals surface area contributed by atoms with Crippen molar-refractivity contribution >= 4 is 118 Å². The second-order valence-electron chi connectivity index (χ2n) is 27.7. The molecule has 24 nitrogen and oxygen atoms in total. The molecule has 5 aromatic rings. The van der Waals surface area contributed by atoms with Gasteiger partial charge in [0.25, 0.3) is 17.1 Å². The van der Waals surface area contributed by atoms with E-state index in [0.29, 0.717) is 99.4 Å². The van der Waals surface area contributed by atoms with Gasteiger partial charge in [0.05, 0.1) is 141 Å². The molecular weight excluding hydrogens is 1550 g/mol. The van der Waals surface area contributed by atoms with E-state index < -0.39 is 82.3 Å².